The lowest BCUT2D eigenvalue weighted by atomic mass is 10.1. The normalized spacial score (nSPS) is 14.0. The summed E-state index contributed by atoms with van der Waals surface area (Å²) < 4.78 is 50.1. The third-order valence-electron chi connectivity index (χ3n) is 3.40. The van der Waals surface area contributed by atoms with Crippen molar-refractivity contribution in [1.29, 1.82) is 0 Å². The van der Waals surface area contributed by atoms with Crippen molar-refractivity contribution in [3.63, 3.8) is 0 Å². The maximum atomic E-state index is 12.5. The van der Waals surface area contributed by atoms with Gasteiger partial charge in [0.05, 0.1) is 28.7 Å². The number of nitrogens with one attached hydrogen (secondary N) is 1. The quantitative estimate of drug-likeness (QED) is 0.697. The van der Waals surface area contributed by atoms with Gasteiger partial charge < -0.3 is 0 Å². The lowest BCUT2D eigenvalue weighted by Gasteiger charge is -2.21. The smallest absolute Gasteiger partial charge is 0.225 e. The molecule has 0 saturated carbocycles. The van der Waals surface area contributed by atoms with Crippen molar-refractivity contribution >= 4 is 20.0 Å². The highest BCUT2D eigenvalue weighted by Gasteiger charge is 2.24. The van der Waals surface area contributed by atoms with Crippen LogP contribution in [0.2, 0.25) is 0 Å². The van der Waals surface area contributed by atoms with E-state index in [1.165, 1.54) is 29.3 Å². The van der Waals surface area contributed by atoms with Gasteiger partial charge in [-0.15, -0.1) is 0 Å². The molecule has 0 amide bonds. The number of hydrogen-bond donors (Lipinski definition) is 2. The molecule has 0 spiro atoms. The van der Waals surface area contributed by atoms with Gasteiger partial charge in [-0.1, -0.05) is 13.8 Å². The van der Waals surface area contributed by atoms with Gasteiger partial charge in [0.2, 0.25) is 20.0 Å². The molecular weight excluding hydrogens is 354 g/mol. The molecule has 24 heavy (non-hydrogen) atoms. The van der Waals surface area contributed by atoms with Crippen LogP contribution in [0.3, 0.4) is 0 Å². The first-order chi connectivity index (χ1) is 11.1. The Bertz CT molecular complexity index is 875. The van der Waals surface area contributed by atoms with Crippen molar-refractivity contribution in [2.24, 2.45) is 11.1 Å². The van der Waals surface area contributed by atoms with Crippen LogP contribution >= 0.6 is 0 Å². The number of aromatic nitrogens is 3. The Labute approximate surface area is 141 Å². The fourth-order valence-electron chi connectivity index (χ4n) is 1.97. The summed E-state index contributed by atoms with van der Waals surface area (Å²) in [5.41, 5.74) is 0. The Hall–Kier alpha value is -1.82. The van der Waals surface area contributed by atoms with Crippen molar-refractivity contribution in [2.45, 2.75) is 36.2 Å². The highest BCUT2D eigenvalue weighted by molar-refractivity contribution is 7.89. The predicted molar refractivity (Wildman–Crippen MR) is 86.8 cm³/mol. The largest absolute Gasteiger partial charge is 0.240 e. The minimum absolute atomic E-state index is 0.00512. The molecule has 1 heterocycles. The third kappa shape index (κ3) is 4.60. The third-order valence-corrected chi connectivity index (χ3v) is 5.84. The SMILES string of the molecule is CC(C)C(Cn1nccn1)NS(=O)(=O)c1ccc(S(N)(=O)=O)cc1. The first-order valence-electron chi connectivity index (χ1n) is 7.09. The molecule has 0 bridgehead atoms. The van der Waals surface area contributed by atoms with Crippen LogP contribution < -0.4 is 9.86 Å². The van der Waals surface area contributed by atoms with E-state index in [0.29, 0.717) is 0 Å². The standard InChI is InChI=1S/C13H19N5O4S2/c1-10(2)13(9-18-15-7-8-16-18)17-24(21,22)12-5-3-11(4-6-12)23(14,19)20/h3-8,10,13,17H,9H2,1-2H3,(H2,14,19,20). The van der Waals surface area contributed by atoms with Crippen molar-refractivity contribution in [1.82, 2.24) is 19.7 Å². The number of sulfonamides is 2. The average molecular weight is 373 g/mol. The van der Waals surface area contributed by atoms with Crippen molar-refractivity contribution in [3.05, 3.63) is 36.7 Å². The molecule has 0 radical (unpaired) electrons. The Kier molecular flexibility index (Phi) is 5.38. The van der Waals surface area contributed by atoms with Crippen molar-refractivity contribution in [2.75, 3.05) is 0 Å². The van der Waals surface area contributed by atoms with E-state index < -0.39 is 26.1 Å². The second-order valence-electron chi connectivity index (χ2n) is 5.57. The summed E-state index contributed by atoms with van der Waals surface area (Å²) >= 11 is 0. The van der Waals surface area contributed by atoms with Gasteiger partial charge in [-0.2, -0.15) is 15.0 Å². The Balaban J connectivity index is 2.22. The molecule has 1 atom stereocenters. The molecule has 3 N–H and O–H groups in total. The van der Waals surface area contributed by atoms with Crippen LogP contribution in [-0.2, 0) is 26.6 Å². The van der Waals surface area contributed by atoms with Gasteiger partial charge >= 0.3 is 0 Å². The highest BCUT2D eigenvalue weighted by atomic mass is 32.2. The highest BCUT2D eigenvalue weighted by Crippen LogP contribution is 2.15. The van der Waals surface area contributed by atoms with Crippen LogP contribution in [0.5, 0.6) is 0 Å². The molecule has 2 rings (SSSR count). The van der Waals surface area contributed by atoms with Crippen LogP contribution in [0.25, 0.3) is 0 Å². The van der Waals surface area contributed by atoms with E-state index in [1.807, 2.05) is 13.8 Å². The molecule has 2 aromatic rings. The fraction of sp³-hybridized carbons (Fsp3) is 0.385. The van der Waals surface area contributed by atoms with E-state index in [4.69, 9.17) is 5.14 Å². The topological polar surface area (TPSA) is 137 Å². The maximum Gasteiger partial charge on any atom is 0.240 e. The summed E-state index contributed by atoms with van der Waals surface area (Å²) in [6.45, 7) is 4.03. The van der Waals surface area contributed by atoms with Gasteiger partial charge in [-0.05, 0) is 30.2 Å². The van der Waals surface area contributed by atoms with E-state index in [2.05, 4.69) is 14.9 Å². The summed E-state index contributed by atoms with van der Waals surface area (Å²) in [5.74, 6) is -0.00512. The first-order valence-corrected chi connectivity index (χ1v) is 10.1. The molecule has 0 aliphatic heterocycles. The van der Waals surface area contributed by atoms with E-state index in [9.17, 15) is 16.8 Å². The average Bonchev–Trinajstić information content (AvgIpc) is 2.98. The number of rotatable bonds is 7. The summed E-state index contributed by atoms with van der Waals surface area (Å²) in [7, 11) is -7.70. The molecular formula is C13H19N5O4S2. The zero-order valence-electron chi connectivity index (χ0n) is 13.2. The van der Waals surface area contributed by atoms with Gasteiger partial charge in [0.1, 0.15) is 0 Å². The second kappa shape index (κ2) is 6.97. The number of benzene rings is 1. The lowest BCUT2D eigenvalue weighted by Crippen LogP contribution is -2.41. The molecule has 0 aliphatic carbocycles. The Morgan fingerprint density at radius 3 is 2.00 bits per heavy atom. The summed E-state index contributed by atoms with van der Waals surface area (Å²) in [6.07, 6.45) is 3.02. The number of primary sulfonamides is 1. The minimum Gasteiger partial charge on any atom is -0.225 e. The second-order valence-corrected chi connectivity index (χ2v) is 8.85. The molecule has 9 nitrogen and oxygen atoms in total. The van der Waals surface area contributed by atoms with E-state index in [0.717, 1.165) is 12.1 Å². The van der Waals surface area contributed by atoms with E-state index in [-0.39, 0.29) is 22.3 Å². The lowest BCUT2D eigenvalue weighted by molar-refractivity contribution is 0.361. The van der Waals surface area contributed by atoms with Gasteiger partial charge in [0.25, 0.3) is 0 Å². The molecule has 1 unspecified atom stereocenters. The van der Waals surface area contributed by atoms with Gasteiger partial charge in [-0.25, -0.2) is 26.7 Å². The Morgan fingerprint density at radius 2 is 1.54 bits per heavy atom. The van der Waals surface area contributed by atoms with E-state index >= 15 is 0 Å². The minimum atomic E-state index is -3.87. The van der Waals surface area contributed by atoms with E-state index in [1.54, 1.807) is 0 Å². The monoisotopic (exact) mass is 373 g/mol. The molecule has 0 saturated heterocycles. The van der Waals surface area contributed by atoms with Crippen LogP contribution in [0.4, 0.5) is 0 Å². The Morgan fingerprint density at radius 1 is 1.04 bits per heavy atom. The molecule has 132 valence electrons. The molecule has 0 fully saturated rings. The zero-order valence-corrected chi connectivity index (χ0v) is 14.8. The molecule has 1 aromatic carbocycles. The number of nitrogens with zero attached hydrogens (tertiary/aromatic N) is 3. The van der Waals surface area contributed by atoms with Gasteiger partial charge in [-0.3, -0.25) is 0 Å². The molecule has 1 aromatic heterocycles. The van der Waals surface area contributed by atoms with Crippen LogP contribution in [0.15, 0.2) is 46.5 Å². The van der Waals surface area contributed by atoms with Crippen molar-refractivity contribution in [3.8, 4) is 0 Å². The van der Waals surface area contributed by atoms with Crippen LogP contribution in [0, 0.1) is 5.92 Å². The zero-order chi connectivity index (χ0) is 18.0. The maximum absolute atomic E-state index is 12.5. The van der Waals surface area contributed by atoms with Gasteiger partial charge in [0.15, 0.2) is 0 Å². The molecule has 11 heteroatoms. The number of hydrogen-bond acceptors (Lipinski definition) is 6. The van der Waals surface area contributed by atoms with Gasteiger partial charge in [0, 0.05) is 6.04 Å². The number of nitrogens with two attached hydrogens (primary N) is 1. The first kappa shape index (κ1) is 18.5. The van der Waals surface area contributed by atoms with Crippen molar-refractivity contribution < 1.29 is 16.8 Å². The van der Waals surface area contributed by atoms with Crippen LogP contribution in [0.1, 0.15) is 13.8 Å². The summed E-state index contributed by atoms with van der Waals surface area (Å²) in [6, 6.07) is 4.28. The molecule has 0 aliphatic rings. The van der Waals surface area contributed by atoms with Crippen LogP contribution in [-0.4, -0.2) is 37.9 Å². The fourth-order valence-corrected chi connectivity index (χ4v) is 3.86. The predicted octanol–water partition coefficient (Wildman–Crippen LogP) is -0.0714. The summed E-state index contributed by atoms with van der Waals surface area (Å²) in [5, 5.41) is 12.9. The summed E-state index contributed by atoms with van der Waals surface area (Å²) in [4.78, 5) is 1.20.